The summed E-state index contributed by atoms with van der Waals surface area (Å²) in [5.74, 6) is 2.55. The van der Waals surface area contributed by atoms with Crippen molar-refractivity contribution in [1.82, 2.24) is 15.1 Å². The minimum Gasteiger partial charge on any atom is -0.377 e. The molecule has 0 bridgehead atoms. The molecule has 0 aliphatic carbocycles. The highest BCUT2D eigenvalue weighted by Crippen LogP contribution is 2.12. The van der Waals surface area contributed by atoms with Crippen molar-refractivity contribution >= 4 is 17.7 Å². The molecule has 0 spiro atoms. The SMILES string of the molecule is CC(C)OCCN1CCN(C(=O)CC2CSCCN2)CC1. The van der Waals surface area contributed by atoms with E-state index in [0.717, 1.165) is 51.6 Å². The van der Waals surface area contributed by atoms with Gasteiger partial charge in [-0.1, -0.05) is 0 Å². The van der Waals surface area contributed by atoms with E-state index in [1.807, 2.05) is 16.7 Å². The van der Waals surface area contributed by atoms with Crippen LogP contribution in [0.2, 0.25) is 0 Å². The summed E-state index contributed by atoms with van der Waals surface area (Å²) in [4.78, 5) is 16.7. The monoisotopic (exact) mass is 315 g/mol. The maximum absolute atomic E-state index is 12.3. The highest BCUT2D eigenvalue weighted by molar-refractivity contribution is 7.99. The highest BCUT2D eigenvalue weighted by Gasteiger charge is 2.24. The van der Waals surface area contributed by atoms with Crippen LogP contribution in [0.5, 0.6) is 0 Å². The fourth-order valence-corrected chi connectivity index (χ4v) is 3.68. The zero-order chi connectivity index (χ0) is 15.1. The third kappa shape index (κ3) is 6.14. The van der Waals surface area contributed by atoms with Gasteiger partial charge in [-0.2, -0.15) is 11.8 Å². The van der Waals surface area contributed by atoms with E-state index in [9.17, 15) is 4.79 Å². The van der Waals surface area contributed by atoms with Gasteiger partial charge in [-0.15, -0.1) is 0 Å². The quantitative estimate of drug-likeness (QED) is 0.780. The Morgan fingerprint density at radius 3 is 2.71 bits per heavy atom. The highest BCUT2D eigenvalue weighted by atomic mass is 32.2. The molecule has 1 amide bonds. The second kappa shape index (κ2) is 8.98. The smallest absolute Gasteiger partial charge is 0.224 e. The Kier molecular flexibility index (Phi) is 7.29. The second-order valence-corrected chi connectivity index (χ2v) is 7.22. The third-order valence-corrected chi connectivity index (χ3v) is 5.13. The Bertz CT molecular complexity index is 314. The van der Waals surface area contributed by atoms with Crippen molar-refractivity contribution in [2.75, 3.05) is 57.4 Å². The summed E-state index contributed by atoms with van der Waals surface area (Å²) in [7, 11) is 0. The molecule has 2 aliphatic heterocycles. The molecule has 1 atom stereocenters. The van der Waals surface area contributed by atoms with E-state index in [1.165, 1.54) is 5.75 Å². The molecule has 1 unspecified atom stereocenters. The zero-order valence-electron chi connectivity index (χ0n) is 13.3. The van der Waals surface area contributed by atoms with E-state index in [4.69, 9.17) is 4.74 Å². The normalized spacial score (nSPS) is 24.5. The summed E-state index contributed by atoms with van der Waals surface area (Å²) in [6, 6.07) is 0.369. The van der Waals surface area contributed by atoms with Gasteiger partial charge in [0.15, 0.2) is 0 Å². The van der Waals surface area contributed by atoms with Crippen molar-refractivity contribution in [3.63, 3.8) is 0 Å². The molecule has 1 N–H and O–H groups in total. The molecular formula is C15H29N3O2S. The maximum atomic E-state index is 12.3. The summed E-state index contributed by atoms with van der Waals surface area (Å²) >= 11 is 1.95. The van der Waals surface area contributed by atoms with Crippen LogP contribution in [0, 0.1) is 0 Å². The molecule has 5 nitrogen and oxygen atoms in total. The van der Waals surface area contributed by atoms with Gasteiger partial charge in [0.05, 0.1) is 12.7 Å². The largest absolute Gasteiger partial charge is 0.377 e. The summed E-state index contributed by atoms with van der Waals surface area (Å²) in [6.45, 7) is 10.6. The van der Waals surface area contributed by atoms with Gasteiger partial charge in [0.1, 0.15) is 0 Å². The van der Waals surface area contributed by atoms with Crippen molar-refractivity contribution in [2.24, 2.45) is 0 Å². The fraction of sp³-hybridized carbons (Fsp3) is 0.933. The van der Waals surface area contributed by atoms with Crippen LogP contribution in [0.1, 0.15) is 20.3 Å². The topological polar surface area (TPSA) is 44.8 Å². The van der Waals surface area contributed by atoms with E-state index in [0.29, 0.717) is 24.5 Å². The van der Waals surface area contributed by atoms with Gasteiger partial charge in [0, 0.05) is 63.2 Å². The van der Waals surface area contributed by atoms with Crippen molar-refractivity contribution in [1.29, 1.82) is 0 Å². The van der Waals surface area contributed by atoms with Crippen LogP contribution in [0.25, 0.3) is 0 Å². The zero-order valence-corrected chi connectivity index (χ0v) is 14.2. The molecule has 0 aromatic rings. The number of amides is 1. The number of nitrogens with zero attached hydrogens (tertiary/aromatic N) is 2. The molecule has 2 saturated heterocycles. The van der Waals surface area contributed by atoms with Crippen LogP contribution in [-0.2, 0) is 9.53 Å². The average molecular weight is 315 g/mol. The van der Waals surface area contributed by atoms with Crippen molar-refractivity contribution in [2.45, 2.75) is 32.4 Å². The number of hydrogen-bond acceptors (Lipinski definition) is 5. The number of nitrogens with one attached hydrogen (secondary N) is 1. The summed E-state index contributed by atoms with van der Waals surface area (Å²) < 4.78 is 5.59. The van der Waals surface area contributed by atoms with Crippen LogP contribution in [-0.4, -0.2) is 85.2 Å². The van der Waals surface area contributed by atoms with E-state index < -0.39 is 0 Å². The minimum atomic E-state index is 0.300. The van der Waals surface area contributed by atoms with E-state index in [-0.39, 0.29) is 0 Å². The van der Waals surface area contributed by atoms with Gasteiger partial charge < -0.3 is 15.0 Å². The molecule has 0 aromatic heterocycles. The van der Waals surface area contributed by atoms with E-state index in [2.05, 4.69) is 24.1 Å². The van der Waals surface area contributed by atoms with E-state index in [1.54, 1.807) is 0 Å². The van der Waals surface area contributed by atoms with Crippen molar-refractivity contribution in [3.8, 4) is 0 Å². The first kappa shape index (κ1) is 17.1. The van der Waals surface area contributed by atoms with Crippen LogP contribution in [0.15, 0.2) is 0 Å². The predicted octanol–water partition coefficient (Wildman–Crippen LogP) is 0.651. The Labute approximate surface area is 132 Å². The first-order valence-electron chi connectivity index (χ1n) is 8.08. The van der Waals surface area contributed by atoms with Crippen LogP contribution < -0.4 is 5.32 Å². The Morgan fingerprint density at radius 2 is 2.10 bits per heavy atom. The maximum Gasteiger partial charge on any atom is 0.224 e. The molecule has 122 valence electrons. The summed E-state index contributed by atoms with van der Waals surface area (Å²) in [5.41, 5.74) is 0. The number of rotatable bonds is 6. The van der Waals surface area contributed by atoms with Crippen molar-refractivity contribution < 1.29 is 9.53 Å². The first-order valence-corrected chi connectivity index (χ1v) is 9.23. The van der Waals surface area contributed by atoms with Crippen LogP contribution >= 0.6 is 11.8 Å². The molecule has 6 heteroatoms. The van der Waals surface area contributed by atoms with Crippen molar-refractivity contribution in [3.05, 3.63) is 0 Å². The number of ether oxygens (including phenoxy) is 1. The molecule has 2 aliphatic rings. The number of hydrogen-bond donors (Lipinski definition) is 1. The lowest BCUT2D eigenvalue weighted by Gasteiger charge is -2.35. The van der Waals surface area contributed by atoms with Gasteiger partial charge >= 0.3 is 0 Å². The summed E-state index contributed by atoms with van der Waals surface area (Å²) in [6.07, 6.45) is 0.956. The number of carbonyl (C=O) groups excluding carboxylic acids is 1. The number of thioether (sulfide) groups is 1. The molecule has 0 saturated carbocycles. The fourth-order valence-electron chi connectivity index (χ4n) is 2.73. The van der Waals surface area contributed by atoms with Gasteiger partial charge in [-0.25, -0.2) is 0 Å². The number of piperazine rings is 1. The standard InChI is InChI=1S/C15H29N3O2S/c1-13(2)20-9-8-17-4-6-18(7-5-17)15(19)11-14-12-21-10-3-16-14/h13-14,16H,3-12H2,1-2H3. The molecule has 0 radical (unpaired) electrons. The van der Waals surface area contributed by atoms with Gasteiger partial charge in [-0.05, 0) is 13.8 Å². The Morgan fingerprint density at radius 1 is 1.33 bits per heavy atom. The average Bonchev–Trinajstić information content (AvgIpc) is 2.48. The summed E-state index contributed by atoms with van der Waals surface area (Å²) in [5, 5.41) is 3.44. The third-order valence-electron chi connectivity index (χ3n) is 4.00. The molecular weight excluding hydrogens is 286 g/mol. The lowest BCUT2D eigenvalue weighted by atomic mass is 10.2. The van der Waals surface area contributed by atoms with Crippen LogP contribution in [0.3, 0.4) is 0 Å². The van der Waals surface area contributed by atoms with Gasteiger partial charge in [0.2, 0.25) is 5.91 Å². The Hall–Kier alpha value is -0.300. The number of carbonyl (C=O) groups is 1. The predicted molar refractivity (Wildman–Crippen MR) is 87.8 cm³/mol. The molecule has 2 fully saturated rings. The molecule has 2 rings (SSSR count). The van der Waals surface area contributed by atoms with Crippen LogP contribution in [0.4, 0.5) is 0 Å². The second-order valence-electron chi connectivity index (χ2n) is 6.07. The Balaban J connectivity index is 1.62. The lowest BCUT2D eigenvalue weighted by Crippen LogP contribution is -2.51. The molecule has 0 aromatic carbocycles. The lowest BCUT2D eigenvalue weighted by molar-refractivity contribution is -0.133. The van der Waals surface area contributed by atoms with Gasteiger partial charge in [-0.3, -0.25) is 9.69 Å². The molecule has 21 heavy (non-hydrogen) atoms. The first-order chi connectivity index (χ1) is 10.1. The van der Waals surface area contributed by atoms with E-state index >= 15 is 0 Å². The molecule has 2 heterocycles. The van der Waals surface area contributed by atoms with Gasteiger partial charge in [0.25, 0.3) is 0 Å². The minimum absolute atomic E-state index is 0.300.